The molecule has 122 valence electrons. The van der Waals surface area contributed by atoms with E-state index in [1.54, 1.807) is 23.8 Å². The molecule has 2 atom stereocenters. The van der Waals surface area contributed by atoms with Crippen LogP contribution >= 0.6 is 11.3 Å². The number of hydrogen-bond acceptors (Lipinski definition) is 5. The number of esters is 1. The molecule has 0 radical (unpaired) electrons. The molecule has 5 nitrogen and oxygen atoms in total. The van der Waals surface area contributed by atoms with Crippen LogP contribution in [0.15, 0.2) is 28.0 Å². The lowest BCUT2D eigenvalue weighted by Crippen LogP contribution is -2.42. The number of carbonyl (C=O) groups is 1. The van der Waals surface area contributed by atoms with Crippen molar-refractivity contribution in [3.8, 4) is 0 Å². The fourth-order valence-electron chi connectivity index (χ4n) is 2.68. The number of carbonyl (C=O) groups excluding carboxylic acids is 1. The molecule has 1 aliphatic heterocycles. The number of nitrogens with zero attached hydrogens (tertiary/aromatic N) is 2. The molecular formula is C14H12F3N3O2S. The zero-order chi connectivity index (χ0) is 16.6. The van der Waals surface area contributed by atoms with E-state index in [0.29, 0.717) is 11.1 Å². The fourth-order valence-corrected chi connectivity index (χ4v) is 3.37. The van der Waals surface area contributed by atoms with Crippen molar-refractivity contribution in [2.75, 3.05) is 6.61 Å². The van der Waals surface area contributed by atoms with E-state index in [4.69, 9.17) is 4.74 Å². The Bertz CT molecular complexity index is 737. The third-order valence-electron chi connectivity index (χ3n) is 3.58. The quantitative estimate of drug-likeness (QED) is 0.868. The van der Waals surface area contributed by atoms with Gasteiger partial charge >= 0.3 is 12.1 Å². The van der Waals surface area contributed by atoms with E-state index in [9.17, 15) is 18.0 Å². The molecule has 3 rings (SSSR count). The highest BCUT2D eigenvalue weighted by Gasteiger charge is 2.51. The Hall–Kier alpha value is -2.16. The number of aromatic amines is 1. The molecule has 1 aliphatic rings. The van der Waals surface area contributed by atoms with Crippen LogP contribution in [0, 0.1) is 5.92 Å². The minimum absolute atomic E-state index is 0.00489. The van der Waals surface area contributed by atoms with E-state index >= 15 is 0 Å². The second-order valence-corrected chi connectivity index (χ2v) is 5.71. The molecule has 0 spiro atoms. The van der Waals surface area contributed by atoms with Crippen molar-refractivity contribution in [2.24, 2.45) is 10.9 Å². The van der Waals surface area contributed by atoms with Crippen LogP contribution in [0.1, 0.15) is 24.0 Å². The second kappa shape index (κ2) is 5.80. The molecule has 9 heteroatoms. The lowest BCUT2D eigenvalue weighted by Gasteiger charge is -2.30. The summed E-state index contributed by atoms with van der Waals surface area (Å²) < 4.78 is 45.2. The Morgan fingerprint density at radius 2 is 2.26 bits per heavy atom. The Morgan fingerprint density at radius 3 is 2.87 bits per heavy atom. The summed E-state index contributed by atoms with van der Waals surface area (Å²) in [6, 6.07) is 1.69. The summed E-state index contributed by atoms with van der Waals surface area (Å²) in [5.74, 6) is -3.29. The van der Waals surface area contributed by atoms with Crippen LogP contribution in [0.2, 0.25) is 0 Å². The number of alkyl halides is 3. The molecule has 0 saturated heterocycles. The van der Waals surface area contributed by atoms with E-state index in [1.165, 1.54) is 17.5 Å². The summed E-state index contributed by atoms with van der Waals surface area (Å²) in [7, 11) is 0. The number of nitrogens with one attached hydrogen (secondary N) is 1. The predicted molar refractivity (Wildman–Crippen MR) is 78.0 cm³/mol. The van der Waals surface area contributed by atoms with E-state index in [-0.39, 0.29) is 12.4 Å². The van der Waals surface area contributed by atoms with Crippen molar-refractivity contribution >= 4 is 28.8 Å². The Kier molecular flexibility index (Phi) is 3.97. The van der Waals surface area contributed by atoms with Gasteiger partial charge in [-0.3, -0.25) is 9.89 Å². The molecule has 0 saturated carbocycles. The molecular weight excluding hydrogens is 331 g/mol. The molecule has 0 fully saturated rings. The average Bonchev–Trinajstić information content (AvgIpc) is 3.15. The van der Waals surface area contributed by atoms with Crippen LogP contribution in [-0.4, -0.2) is 34.7 Å². The number of hydrogen-bond donors (Lipinski definition) is 1. The maximum atomic E-state index is 13.4. The van der Waals surface area contributed by atoms with Gasteiger partial charge in [-0.2, -0.15) is 29.6 Å². The van der Waals surface area contributed by atoms with Crippen molar-refractivity contribution < 1.29 is 22.7 Å². The number of thiophene rings is 1. The number of rotatable bonds is 3. The Balaban J connectivity index is 2.18. The SMILES string of the molecule is CCOC(=O)C1C(C(F)(F)F)=Nc2[nH]ncc2C1c1ccsc1. The van der Waals surface area contributed by atoms with Gasteiger partial charge in [0.05, 0.1) is 12.8 Å². The first-order chi connectivity index (χ1) is 10.9. The number of aliphatic imine (C=N–C) groups is 1. The van der Waals surface area contributed by atoms with Gasteiger partial charge < -0.3 is 4.74 Å². The van der Waals surface area contributed by atoms with E-state index in [2.05, 4.69) is 15.2 Å². The fraction of sp³-hybridized carbons (Fsp3) is 0.357. The first-order valence-corrected chi connectivity index (χ1v) is 7.75. The summed E-state index contributed by atoms with van der Waals surface area (Å²) in [6.07, 6.45) is -3.34. The largest absolute Gasteiger partial charge is 0.465 e. The molecule has 2 aromatic heterocycles. The van der Waals surface area contributed by atoms with Crippen LogP contribution in [0.3, 0.4) is 0 Å². The van der Waals surface area contributed by atoms with Gasteiger partial charge in [0.1, 0.15) is 11.6 Å². The highest BCUT2D eigenvalue weighted by atomic mass is 32.1. The lowest BCUT2D eigenvalue weighted by atomic mass is 9.78. The number of H-pyrrole nitrogens is 1. The molecule has 0 bridgehead atoms. The van der Waals surface area contributed by atoms with Gasteiger partial charge in [-0.1, -0.05) is 0 Å². The molecule has 0 amide bonds. The van der Waals surface area contributed by atoms with Gasteiger partial charge in [-0.15, -0.1) is 0 Å². The first kappa shape index (κ1) is 15.7. The number of aromatic nitrogens is 2. The maximum Gasteiger partial charge on any atom is 0.430 e. The van der Waals surface area contributed by atoms with Crippen molar-refractivity contribution in [1.82, 2.24) is 10.2 Å². The van der Waals surface area contributed by atoms with Crippen molar-refractivity contribution in [3.05, 3.63) is 34.2 Å². The monoisotopic (exact) mass is 343 g/mol. The van der Waals surface area contributed by atoms with Crippen LogP contribution in [-0.2, 0) is 9.53 Å². The van der Waals surface area contributed by atoms with Crippen molar-refractivity contribution in [1.29, 1.82) is 0 Å². The summed E-state index contributed by atoms with van der Waals surface area (Å²) in [5, 5.41) is 9.69. The zero-order valence-electron chi connectivity index (χ0n) is 11.9. The second-order valence-electron chi connectivity index (χ2n) is 4.93. The van der Waals surface area contributed by atoms with Gasteiger partial charge in [-0.05, 0) is 29.3 Å². The standard InChI is InChI=1S/C14H12F3N3O2S/c1-2-22-13(21)10-9(7-3-4-23-6-7)8-5-18-20-12(8)19-11(10)14(15,16)17/h3-6,9-10H,2H2,1H3,(H,18,20). The third-order valence-corrected chi connectivity index (χ3v) is 4.28. The van der Waals surface area contributed by atoms with Crippen LogP contribution in [0.4, 0.5) is 19.0 Å². The van der Waals surface area contributed by atoms with E-state index < -0.39 is 29.7 Å². The third kappa shape index (κ3) is 2.76. The number of ether oxygens (including phenoxy) is 1. The first-order valence-electron chi connectivity index (χ1n) is 6.81. The lowest BCUT2D eigenvalue weighted by molar-refractivity contribution is -0.147. The summed E-state index contributed by atoms with van der Waals surface area (Å²) in [6.45, 7) is 1.54. The molecule has 3 heterocycles. The minimum atomic E-state index is -4.74. The molecule has 1 N–H and O–H groups in total. The molecule has 23 heavy (non-hydrogen) atoms. The molecule has 2 aromatic rings. The van der Waals surface area contributed by atoms with Gasteiger partial charge in [-0.25, -0.2) is 4.99 Å². The van der Waals surface area contributed by atoms with Gasteiger partial charge in [0.15, 0.2) is 5.82 Å². The van der Waals surface area contributed by atoms with Crippen LogP contribution in [0.25, 0.3) is 0 Å². The molecule has 2 unspecified atom stereocenters. The Labute approximate surface area is 133 Å². The summed E-state index contributed by atoms with van der Waals surface area (Å²) >= 11 is 1.34. The topological polar surface area (TPSA) is 67.3 Å². The normalized spacial score (nSPS) is 20.8. The van der Waals surface area contributed by atoms with E-state index in [1.807, 2.05) is 0 Å². The van der Waals surface area contributed by atoms with Gasteiger partial charge in [0.2, 0.25) is 0 Å². The van der Waals surface area contributed by atoms with Crippen LogP contribution in [0.5, 0.6) is 0 Å². The zero-order valence-corrected chi connectivity index (χ0v) is 12.7. The Morgan fingerprint density at radius 1 is 1.48 bits per heavy atom. The molecule has 0 aromatic carbocycles. The minimum Gasteiger partial charge on any atom is -0.465 e. The van der Waals surface area contributed by atoms with Crippen LogP contribution < -0.4 is 0 Å². The summed E-state index contributed by atoms with van der Waals surface area (Å²) in [5.41, 5.74) is -0.106. The highest BCUT2D eigenvalue weighted by molar-refractivity contribution is 7.08. The highest BCUT2D eigenvalue weighted by Crippen LogP contribution is 2.45. The molecule has 0 aliphatic carbocycles. The van der Waals surface area contributed by atoms with Gasteiger partial charge in [0, 0.05) is 11.5 Å². The summed E-state index contributed by atoms with van der Waals surface area (Å²) in [4.78, 5) is 15.9. The predicted octanol–water partition coefficient (Wildman–Crippen LogP) is 3.43. The van der Waals surface area contributed by atoms with Crippen molar-refractivity contribution in [2.45, 2.75) is 19.0 Å². The smallest absolute Gasteiger partial charge is 0.430 e. The van der Waals surface area contributed by atoms with Crippen molar-refractivity contribution in [3.63, 3.8) is 0 Å². The average molecular weight is 343 g/mol. The number of halogens is 3. The van der Waals surface area contributed by atoms with E-state index in [0.717, 1.165) is 0 Å². The number of fused-ring (bicyclic) bond motifs is 1. The van der Waals surface area contributed by atoms with Gasteiger partial charge in [0.25, 0.3) is 0 Å². The maximum absolute atomic E-state index is 13.4.